The van der Waals surface area contributed by atoms with Gasteiger partial charge >= 0.3 is 5.97 Å². The van der Waals surface area contributed by atoms with Gasteiger partial charge in [-0.2, -0.15) is 0 Å². The molecule has 2 heterocycles. The third kappa shape index (κ3) is 4.05. The van der Waals surface area contributed by atoms with Crippen LogP contribution in [-0.4, -0.2) is 48.3 Å². The van der Waals surface area contributed by atoms with Gasteiger partial charge in [0.05, 0.1) is 22.4 Å². The summed E-state index contributed by atoms with van der Waals surface area (Å²) in [5.74, 6) is -2.08. The van der Waals surface area contributed by atoms with Gasteiger partial charge in [-0.25, -0.2) is 14.1 Å². The van der Waals surface area contributed by atoms with E-state index in [1.807, 2.05) is 0 Å². The maximum atomic E-state index is 13.2. The van der Waals surface area contributed by atoms with Crippen molar-refractivity contribution in [2.75, 3.05) is 24.6 Å². The molecular weight excluding hydrogens is 403 g/mol. The second-order valence-corrected chi connectivity index (χ2v) is 7.82. The maximum absolute atomic E-state index is 13.2. The Labute approximate surface area is 178 Å². The third-order valence-corrected chi connectivity index (χ3v) is 5.67. The van der Waals surface area contributed by atoms with Gasteiger partial charge in [0, 0.05) is 13.1 Å². The minimum Gasteiger partial charge on any atom is -0.452 e. The smallest absolute Gasteiger partial charge is 0.338 e. The second kappa shape index (κ2) is 8.29. The van der Waals surface area contributed by atoms with E-state index in [4.69, 9.17) is 4.74 Å². The first kappa shape index (κ1) is 20.7. The Balaban J connectivity index is 1.45. The normalized spacial score (nSPS) is 16.5. The topological polar surface area (TPSA) is 84.0 Å². The zero-order chi connectivity index (χ0) is 22.1. The van der Waals surface area contributed by atoms with Crippen molar-refractivity contribution in [3.05, 3.63) is 65.0 Å². The summed E-state index contributed by atoms with van der Waals surface area (Å²) in [6.07, 6.45) is 1.84. The van der Waals surface area contributed by atoms with Crippen molar-refractivity contribution >= 4 is 29.4 Å². The molecular formula is C23H21FN2O5. The summed E-state index contributed by atoms with van der Waals surface area (Å²) in [6, 6.07) is 9.02. The highest BCUT2D eigenvalue weighted by Gasteiger charge is 2.37. The molecule has 160 valence electrons. The molecule has 0 saturated carbocycles. The fourth-order valence-electron chi connectivity index (χ4n) is 3.75. The number of amides is 3. The van der Waals surface area contributed by atoms with Gasteiger partial charge in [0.25, 0.3) is 17.7 Å². The van der Waals surface area contributed by atoms with Crippen molar-refractivity contribution in [1.82, 2.24) is 4.90 Å². The molecule has 3 amide bonds. The van der Waals surface area contributed by atoms with Crippen LogP contribution < -0.4 is 4.90 Å². The van der Waals surface area contributed by atoms with Crippen LogP contribution in [0.15, 0.2) is 42.5 Å². The zero-order valence-corrected chi connectivity index (χ0v) is 17.0. The van der Waals surface area contributed by atoms with E-state index in [1.165, 1.54) is 30.3 Å². The van der Waals surface area contributed by atoms with Gasteiger partial charge in [-0.1, -0.05) is 6.92 Å². The first-order valence-corrected chi connectivity index (χ1v) is 10.1. The van der Waals surface area contributed by atoms with Crippen LogP contribution in [0.25, 0.3) is 0 Å². The molecule has 1 saturated heterocycles. The summed E-state index contributed by atoms with van der Waals surface area (Å²) in [5.41, 5.74) is 0.503. The predicted octanol–water partition coefficient (Wildman–Crippen LogP) is 3.04. The highest BCUT2D eigenvalue weighted by molar-refractivity contribution is 6.34. The van der Waals surface area contributed by atoms with Crippen LogP contribution in [0.1, 0.15) is 50.8 Å². The molecule has 0 aromatic heterocycles. The average Bonchev–Trinajstić information content (AvgIpc) is 3.02. The average molecular weight is 424 g/mol. The molecule has 0 atom stereocenters. The number of carbonyl (C=O) groups excluding carboxylic acids is 4. The first-order chi connectivity index (χ1) is 14.8. The Morgan fingerprint density at radius 3 is 2.32 bits per heavy atom. The number of hydrogen-bond donors (Lipinski definition) is 0. The number of esters is 1. The number of anilines is 1. The van der Waals surface area contributed by atoms with Crippen LogP contribution in [0.4, 0.5) is 10.1 Å². The quantitative estimate of drug-likeness (QED) is 0.557. The van der Waals surface area contributed by atoms with E-state index in [1.54, 1.807) is 4.90 Å². The Bertz CT molecular complexity index is 1060. The molecule has 31 heavy (non-hydrogen) atoms. The Morgan fingerprint density at radius 2 is 1.65 bits per heavy atom. The summed E-state index contributed by atoms with van der Waals surface area (Å²) in [5, 5.41) is 0. The molecule has 0 spiro atoms. The van der Waals surface area contributed by atoms with Gasteiger partial charge in [0.15, 0.2) is 6.61 Å². The van der Waals surface area contributed by atoms with E-state index in [-0.39, 0.29) is 34.9 Å². The number of benzene rings is 2. The molecule has 2 aromatic rings. The monoisotopic (exact) mass is 424 g/mol. The van der Waals surface area contributed by atoms with E-state index in [0.29, 0.717) is 19.0 Å². The number of rotatable bonds is 4. The summed E-state index contributed by atoms with van der Waals surface area (Å²) >= 11 is 0. The summed E-state index contributed by atoms with van der Waals surface area (Å²) < 4.78 is 18.3. The molecule has 8 heteroatoms. The summed E-state index contributed by atoms with van der Waals surface area (Å²) in [6.45, 7) is 3.05. The number of nitrogens with zero attached hydrogens (tertiary/aromatic N) is 2. The number of fused-ring (bicyclic) bond motifs is 1. The standard InChI is InChI=1S/C23H21FN2O5/c1-14-8-10-25(11-9-14)20(27)13-31-23(30)15-2-7-18-19(12-15)22(29)26(21(18)28)17-5-3-16(24)4-6-17/h2-7,12,14H,8-11,13H2,1H3. The van der Waals surface area contributed by atoms with E-state index < -0.39 is 23.6 Å². The van der Waals surface area contributed by atoms with Crippen molar-refractivity contribution in [3.63, 3.8) is 0 Å². The SMILES string of the molecule is CC1CCN(C(=O)COC(=O)c2ccc3c(c2)C(=O)N(c2ccc(F)cc2)C3=O)CC1. The molecule has 0 N–H and O–H groups in total. The largest absolute Gasteiger partial charge is 0.452 e. The van der Waals surface area contributed by atoms with E-state index >= 15 is 0 Å². The lowest BCUT2D eigenvalue weighted by Gasteiger charge is -2.30. The fraction of sp³-hybridized carbons (Fsp3) is 0.304. The molecule has 1 fully saturated rings. The molecule has 2 aliphatic heterocycles. The van der Waals surface area contributed by atoms with Crippen molar-refractivity contribution in [2.24, 2.45) is 5.92 Å². The summed E-state index contributed by atoms with van der Waals surface area (Å²) in [4.78, 5) is 52.7. The van der Waals surface area contributed by atoms with E-state index in [2.05, 4.69) is 6.92 Å². The van der Waals surface area contributed by atoms with Crippen molar-refractivity contribution in [3.8, 4) is 0 Å². The Morgan fingerprint density at radius 1 is 1.00 bits per heavy atom. The number of likely N-dealkylation sites (tertiary alicyclic amines) is 1. The number of ether oxygens (including phenoxy) is 1. The minimum absolute atomic E-state index is 0.0557. The van der Waals surface area contributed by atoms with Crippen molar-refractivity contribution in [2.45, 2.75) is 19.8 Å². The van der Waals surface area contributed by atoms with Crippen LogP contribution in [0.3, 0.4) is 0 Å². The lowest BCUT2D eigenvalue weighted by atomic mass is 9.99. The molecule has 4 rings (SSSR count). The molecule has 2 aliphatic rings. The molecule has 0 unspecified atom stereocenters. The number of piperidine rings is 1. The number of carbonyl (C=O) groups is 4. The highest BCUT2D eigenvalue weighted by Crippen LogP contribution is 2.29. The van der Waals surface area contributed by atoms with Crippen LogP contribution in [0.5, 0.6) is 0 Å². The molecule has 2 aromatic carbocycles. The lowest BCUT2D eigenvalue weighted by molar-refractivity contribution is -0.135. The Kier molecular flexibility index (Phi) is 5.54. The number of imide groups is 1. The van der Waals surface area contributed by atoms with E-state index in [0.717, 1.165) is 29.9 Å². The number of hydrogen-bond acceptors (Lipinski definition) is 5. The Hall–Kier alpha value is -3.55. The zero-order valence-electron chi connectivity index (χ0n) is 17.0. The minimum atomic E-state index is -0.748. The lowest BCUT2D eigenvalue weighted by Crippen LogP contribution is -2.40. The molecule has 0 radical (unpaired) electrons. The maximum Gasteiger partial charge on any atom is 0.338 e. The molecule has 0 bridgehead atoms. The van der Waals surface area contributed by atoms with Gasteiger partial charge in [-0.3, -0.25) is 14.4 Å². The molecule has 7 nitrogen and oxygen atoms in total. The van der Waals surface area contributed by atoms with Gasteiger partial charge in [0.2, 0.25) is 0 Å². The van der Waals surface area contributed by atoms with Crippen molar-refractivity contribution in [1.29, 1.82) is 0 Å². The number of halogens is 1. The predicted molar refractivity (Wildman–Crippen MR) is 109 cm³/mol. The van der Waals surface area contributed by atoms with Crippen LogP contribution in [0.2, 0.25) is 0 Å². The van der Waals surface area contributed by atoms with Gasteiger partial charge in [0.1, 0.15) is 5.82 Å². The third-order valence-electron chi connectivity index (χ3n) is 5.67. The summed E-state index contributed by atoms with van der Waals surface area (Å²) in [7, 11) is 0. The fourth-order valence-corrected chi connectivity index (χ4v) is 3.75. The van der Waals surface area contributed by atoms with Crippen LogP contribution in [-0.2, 0) is 9.53 Å². The van der Waals surface area contributed by atoms with Crippen LogP contribution in [0, 0.1) is 11.7 Å². The first-order valence-electron chi connectivity index (χ1n) is 10.1. The van der Waals surface area contributed by atoms with Gasteiger partial charge < -0.3 is 9.64 Å². The highest BCUT2D eigenvalue weighted by atomic mass is 19.1. The van der Waals surface area contributed by atoms with E-state index in [9.17, 15) is 23.6 Å². The van der Waals surface area contributed by atoms with Crippen LogP contribution >= 0.6 is 0 Å². The van der Waals surface area contributed by atoms with Gasteiger partial charge in [-0.15, -0.1) is 0 Å². The second-order valence-electron chi connectivity index (χ2n) is 7.82. The molecule has 0 aliphatic carbocycles. The van der Waals surface area contributed by atoms with Gasteiger partial charge in [-0.05, 0) is 61.2 Å². The van der Waals surface area contributed by atoms with Crippen molar-refractivity contribution < 1.29 is 28.3 Å².